The van der Waals surface area contributed by atoms with Gasteiger partial charge in [0, 0.05) is 0 Å². The maximum Gasteiger partial charge on any atom is 0.364 e. The Balaban J connectivity index is 2.95. The molecule has 4 N–H and O–H groups in total. The van der Waals surface area contributed by atoms with Gasteiger partial charge in [-0.2, -0.15) is 5.10 Å². The van der Waals surface area contributed by atoms with Gasteiger partial charge in [0.2, 0.25) is 5.95 Å². The molecule has 0 amide bonds. The molecule has 0 aliphatic rings. The van der Waals surface area contributed by atoms with Crippen LogP contribution in [0.15, 0.2) is 9.90 Å². The Kier molecular flexibility index (Phi) is 3.49. The SMILES string of the molecule is Cc1nnc(NN=C(C(=O)O)C(=O)O)[nH]c1=O. The van der Waals surface area contributed by atoms with Crippen LogP contribution in [0.3, 0.4) is 0 Å². The molecule has 1 heterocycles. The van der Waals surface area contributed by atoms with E-state index in [0.29, 0.717) is 0 Å². The number of aromatic nitrogens is 3. The summed E-state index contributed by atoms with van der Waals surface area (Å²) in [6.07, 6.45) is 0. The molecule has 0 aliphatic carbocycles. The Morgan fingerprint density at radius 3 is 2.35 bits per heavy atom. The summed E-state index contributed by atoms with van der Waals surface area (Å²) >= 11 is 0. The van der Waals surface area contributed by atoms with Crippen molar-refractivity contribution in [2.45, 2.75) is 6.92 Å². The summed E-state index contributed by atoms with van der Waals surface area (Å²) in [6, 6.07) is 0. The van der Waals surface area contributed by atoms with E-state index in [0.717, 1.165) is 0 Å². The van der Waals surface area contributed by atoms with E-state index in [1.165, 1.54) is 6.92 Å². The maximum atomic E-state index is 11.1. The standard InChI is InChI=1S/C7H7N5O5/c1-2-4(13)8-7(11-9-2)12-10-3(5(14)15)6(16)17/h1H3,(H,14,15)(H,16,17)(H2,8,11,12,13). The van der Waals surface area contributed by atoms with Gasteiger partial charge in [-0.05, 0) is 6.92 Å². The van der Waals surface area contributed by atoms with Crippen molar-refractivity contribution in [1.82, 2.24) is 15.2 Å². The summed E-state index contributed by atoms with van der Waals surface area (Å²) < 4.78 is 0. The molecular formula is C7H7N5O5. The molecule has 0 bridgehead atoms. The van der Waals surface area contributed by atoms with Crippen LogP contribution in [0.2, 0.25) is 0 Å². The molecule has 90 valence electrons. The third-order valence-electron chi connectivity index (χ3n) is 1.54. The normalized spacial score (nSPS) is 9.47. The second-order valence-corrected chi connectivity index (χ2v) is 2.77. The number of hydrogen-bond donors (Lipinski definition) is 4. The van der Waals surface area contributed by atoms with E-state index >= 15 is 0 Å². The first-order valence-electron chi connectivity index (χ1n) is 4.15. The molecule has 0 fully saturated rings. The number of carboxylic acid groups (broad SMARTS) is 2. The molecule has 0 saturated heterocycles. The van der Waals surface area contributed by atoms with Crippen molar-refractivity contribution in [2.24, 2.45) is 5.10 Å². The lowest BCUT2D eigenvalue weighted by atomic mass is 10.4. The van der Waals surface area contributed by atoms with Crippen molar-refractivity contribution in [1.29, 1.82) is 0 Å². The van der Waals surface area contributed by atoms with Crippen LogP contribution >= 0.6 is 0 Å². The van der Waals surface area contributed by atoms with Crippen LogP contribution < -0.4 is 11.0 Å². The third-order valence-corrected chi connectivity index (χ3v) is 1.54. The monoisotopic (exact) mass is 241 g/mol. The van der Waals surface area contributed by atoms with Crippen molar-refractivity contribution < 1.29 is 19.8 Å². The maximum absolute atomic E-state index is 11.1. The molecule has 0 aromatic carbocycles. The summed E-state index contributed by atoms with van der Waals surface area (Å²) in [7, 11) is 0. The fourth-order valence-electron chi connectivity index (χ4n) is 0.740. The molecule has 1 aromatic heterocycles. The molecule has 0 unspecified atom stereocenters. The largest absolute Gasteiger partial charge is 0.476 e. The third kappa shape index (κ3) is 3.09. The molecule has 1 aromatic rings. The van der Waals surface area contributed by atoms with Crippen LogP contribution in [0, 0.1) is 6.92 Å². The lowest BCUT2D eigenvalue weighted by Gasteiger charge is -1.99. The molecule has 0 saturated carbocycles. The molecule has 0 radical (unpaired) electrons. The van der Waals surface area contributed by atoms with Gasteiger partial charge in [0.25, 0.3) is 11.3 Å². The molecule has 10 nitrogen and oxygen atoms in total. The van der Waals surface area contributed by atoms with E-state index in [4.69, 9.17) is 10.2 Å². The van der Waals surface area contributed by atoms with Gasteiger partial charge in [-0.15, -0.1) is 10.2 Å². The highest BCUT2D eigenvalue weighted by molar-refractivity contribution is 6.61. The molecule has 1 rings (SSSR count). The first-order chi connectivity index (χ1) is 7.91. The molecule has 0 atom stereocenters. The number of H-pyrrole nitrogens is 1. The Bertz CT molecular complexity index is 532. The number of hydrogen-bond acceptors (Lipinski definition) is 7. The molecule has 0 aliphatic heterocycles. The lowest BCUT2D eigenvalue weighted by molar-refractivity contribution is -0.134. The van der Waals surface area contributed by atoms with E-state index in [-0.39, 0.29) is 11.6 Å². The zero-order valence-corrected chi connectivity index (χ0v) is 8.46. The van der Waals surface area contributed by atoms with Gasteiger partial charge in [-0.25, -0.2) is 15.0 Å². The number of carboxylic acids is 2. The number of aliphatic carboxylic acids is 2. The topological polar surface area (TPSA) is 158 Å². The van der Waals surface area contributed by atoms with Gasteiger partial charge >= 0.3 is 11.9 Å². The van der Waals surface area contributed by atoms with E-state index in [1.54, 1.807) is 0 Å². The average Bonchev–Trinajstić information content (AvgIpc) is 2.22. The Morgan fingerprint density at radius 2 is 1.88 bits per heavy atom. The van der Waals surface area contributed by atoms with Gasteiger partial charge < -0.3 is 10.2 Å². The quantitative estimate of drug-likeness (QED) is 0.279. The number of nitrogens with zero attached hydrogens (tertiary/aromatic N) is 3. The highest BCUT2D eigenvalue weighted by Gasteiger charge is 2.18. The first-order valence-corrected chi connectivity index (χ1v) is 4.15. The van der Waals surface area contributed by atoms with Gasteiger partial charge in [0.1, 0.15) is 5.69 Å². The number of rotatable bonds is 4. The zero-order chi connectivity index (χ0) is 13.0. The number of nitrogens with one attached hydrogen (secondary N) is 2. The average molecular weight is 241 g/mol. The molecular weight excluding hydrogens is 234 g/mol. The number of anilines is 1. The Hall–Kier alpha value is -2.78. The van der Waals surface area contributed by atoms with Crippen LogP contribution in [0.5, 0.6) is 0 Å². The minimum absolute atomic E-state index is 0.108. The Morgan fingerprint density at radius 1 is 1.29 bits per heavy atom. The van der Waals surface area contributed by atoms with Gasteiger partial charge in [-0.1, -0.05) is 0 Å². The first kappa shape index (κ1) is 12.3. The zero-order valence-electron chi connectivity index (χ0n) is 8.46. The van der Waals surface area contributed by atoms with E-state index < -0.39 is 23.2 Å². The lowest BCUT2D eigenvalue weighted by Crippen LogP contribution is -2.25. The van der Waals surface area contributed by atoms with Crippen LogP contribution in [0.4, 0.5) is 5.95 Å². The van der Waals surface area contributed by atoms with Crippen LogP contribution in [-0.2, 0) is 9.59 Å². The summed E-state index contributed by atoms with van der Waals surface area (Å²) in [5.74, 6) is -3.72. The molecule has 17 heavy (non-hydrogen) atoms. The highest BCUT2D eigenvalue weighted by atomic mass is 16.4. The molecule has 10 heteroatoms. The predicted molar refractivity (Wildman–Crippen MR) is 53.7 cm³/mol. The summed E-state index contributed by atoms with van der Waals surface area (Å²) in [4.78, 5) is 34.1. The fraction of sp³-hybridized carbons (Fsp3) is 0.143. The summed E-state index contributed by atoms with van der Waals surface area (Å²) in [5.41, 5.74) is 0.384. The van der Waals surface area contributed by atoms with Crippen molar-refractivity contribution in [3.05, 3.63) is 16.0 Å². The number of aryl methyl sites for hydroxylation is 1. The van der Waals surface area contributed by atoms with Crippen molar-refractivity contribution in [3.63, 3.8) is 0 Å². The number of aromatic amines is 1. The van der Waals surface area contributed by atoms with Gasteiger partial charge in [0.05, 0.1) is 0 Å². The van der Waals surface area contributed by atoms with Crippen molar-refractivity contribution in [2.75, 3.05) is 5.43 Å². The highest BCUT2D eigenvalue weighted by Crippen LogP contribution is 1.91. The smallest absolute Gasteiger partial charge is 0.364 e. The second kappa shape index (κ2) is 4.83. The van der Waals surface area contributed by atoms with Gasteiger partial charge in [0.15, 0.2) is 0 Å². The van der Waals surface area contributed by atoms with Gasteiger partial charge in [-0.3, -0.25) is 9.78 Å². The van der Waals surface area contributed by atoms with Crippen molar-refractivity contribution >= 4 is 23.6 Å². The fourth-order valence-corrected chi connectivity index (χ4v) is 0.740. The molecule has 0 spiro atoms. The van der Waals surface area contributed by atoms with E-state index in [1.807, 2.05) is 5.43 Å². The van der Waals surface area contributed by atoms with E-state index in [2.05, 4.69) is 20.3 Å². The number of carbonyl (C=O) groups is 2. The second-order valence-electron chi connectivity index (χ2n) is 2.77. The van der Waals surface area contributed by atoms with Crippen LogP contribution in [0.1, 0.15) is 5.69 Å². The van der Waals surface area contributed by atoms with Crippen molar-refractivity contribution in [3.8, 4) is 0 Å². The summed E-state index contributed by atoms with van der Waals surface area (Å²) in [6.45, 7) is 1.42. The Labute approximate surface area is 93.0 Å². The summed E-state index contributed by atoms with van der Waals surface area (Å²) in [5, 5.41) is 26.8. The van der Waals surface area contributed by atoms with Crippen LogP contribution in [-0.4, -0.2) is 43.0 Å². The number of hydrazone groups is 1. The predicted octanol–water partition coefficient (Wildman–Crippen LogP) is -1.59. The van der Waals surface area contributed by atoms with Crippen LogP contribution in [0.25, 0.3) is 0 Å². The minimum Gasteiger partial charge on any atom is -0.476 e. The van der Waals surface area contributed by atoms with E-state index in [9.17, 15) is 14.4 Å². The minimum atomic E-state index is -1.73.